The number of sulfonamides is 1. The first-order valence-electron chi connectivity index (χ1n) is 9.46. The maximum Gasteiger partial charge on any atom is 0.243 e. The van der Waals surface area contributed by atoms with Crippen LogP contribution in [0.1, 0.15) is 12.0 Å². The fourth-order valence-corrected chi connectivity index (χ4v) is 5.28. The summed E-state index contributed by atoms with van der Waals surface area (Å²) in [6.07, 6.45) is 0.927. The Labute approximate surface area is 185 Å². The molecule has 30 heavy (non-hydrogen) atoms. The van der Waals surface area contributed by atoms with E-state index in [0.717, 1.165) is 5.56 Å². The van der Waals surface area contributed by atoms with E-state index in [1.807, 2.05) is 18.2 Å². The summed E-state index contributed by atoms with van der Waals surface area (Å²) in [5.41, 5.74) is 0.994. The van der Waals surface area contributed by atoms with E-state index in [1.165, 1.54) is 22.5 Å². The third kappa shape index (κ3) is 4.37. The predicted molar refractivity (Wildman–Crippen MR) is 113 cm³/mol. The number of benzene rings is 2. The second-order valence-electron chi connectivity index (χ2n) is 7.05. The molecule has 0 radical (unpaired) electrons. The Balaban J connectivity index is 1.32. The number of amides is 1. The van der Waals surface area contributed by atoms with Gasteiger partial charge in [0.05, 0.1) is 14.9 Å². The van der Waals surface area contributed by atoms with E-state index in [1.54, 1.807) is 4.90 Å². The lowest BCUT2D eigenvalue weighted by molar-refractivity contribution is -0.132. The van der Waals surface area contributed by atoms with Gasteiger partial charge in [-0.2, -0.15) is 4.31 Å². The van der Waals surface area contributed by atoms with Crippen LogP contribution in [0.4, 0.5) is 0 Å². The van der Waals surface area contributed by atoms with Crippen molar-refractivity contribution in [3.8, 4) is 11.5 Å². The Bertz CT molecular complexity index is 1070. The Morgan fingerprint density at radius 3 is 2.40 bits per heavy atom. The molecule has 4 rings (SSSR count). The summed E-state index contributed by atoms with van der Waals surface area (Å²) in [7, 11) is -3.69. The minimum absolute atomic E-state index is 0.000692. The first-order valence-corrected chi connectivity index (χ1v) is 11.7. The zero-order valence-corrected chi connectivity index (χ0v) is 18.3. The van der Waals surface area contributed by atoms with Crippen molar-refractivity contribution in [1.82, 2.24) is 9.21 Å². The topological polar surface area (TPSA) is 76.2 Å². The number of piperazine rings is 1. The van der Waals surface area contributed by atoms with Crippen LogP contribution in [0.5, 0.6) is 11.5 Å². The van der Waals surface area contributed by atoms with Crippen LogP contribution in [0.15, 0.2) is 41.3 Å². The van der Waals surface area contributed by atoms with E-state index >= 15 is 0 Å². The number of ether oxygens (including phenoxy) is 2. The Morgan fingerprint density at radius 2 is 1.67 bits per heavy atom. The number of aryl methyl sites for hydroxylation is 1. The van der Waals surface area contributed by atoms with Crippen LogP contribution in [0.25, 0.3) is 0 Å². The molecule has 0 aliphatic carbocycles. The summed E-state index contributed by atoms with van der Waals surface area (Å²) in [6.45, 7) is 1.38. The van der Waals surface area contributed by atoms with Crippen molar-refractivity contribution in [3.05, 3.63) is 52.0 Å². The van der Waals surface area contributed by atoms with Gasteiger partial charge in [0.15, 0.2) is 11.5 Å². The SMILES string of the molecule is O=C(CCc1ccc2c(c1)OCO2)N1CCN(S(=O)(=O)c2ccc(Cl)c(Cl)c2)CC1. The minimum Gasteiger partial charge on any atom is -0.454 e. The number of carbonyl (C=O) groups is 1. The molecule has 2 aromatic carbocycles. The van der Waals surface area contributed by atoms with Crippen molar-refractivity contribution in [1.29, 1.82) is 0 Å². The van der Waals surface area contributed by atoms with Crippen LogP contribution in [-0.4, -0.2) is 56.5 Å². The molecule has 2 heterocycles. The molecule has 0 unspecified atom stereocenters. The van der Waals surface area contributed by atoms with Gasteiger partial charge in [0.2, 0.25) is 22.7 Å². The molecule has 0 aromatic heterocycles. The number of halogens is 2. The summed E-state index contributed by atoms with van der Waals surface area (Å²) in [4.78, 5) is 14.4. The van der Waals surface area contributed by atoms with Gasteiger partial charge in [-0.1, -0.05) is 29.3 Å². The van der Waals surface area contributed by atoms with Crippen LogP contribution < -0.4 is 9.47 Å². The molecule has 0 spiro atoms. The number of rotatable bonds is 5. The second kappa shape index (κ2) is 8.63. The maximum atomic E-state index is 12.8. The summed E-state index contributed by atoms with van der Waals surface area (Å²) >= 11 is 11.8. The smallest absolute Gasteiger partial charge is 0.243 e. The van der Waals surface area contributed by atoms with Crippen molar-refractivity contribution in [2.45, 2.75) is 17.7 Å². The first-order chi connectivity index (χ1) is 14.3. The fraction of sp³-hybridized carbons (Fsp3) is 0.350. The van der Waals surface area contributed by atoms with E-state index in [2.05, 4.69) is 0 Å². The van der Waals surface area contributed by atoms with Crippen LogP contribution >= 0.6 is 23.2 Å². The molecule has 160 valence electrons. The van der Waals surface area contributed by atoms with Gasteiger partial charge >= 0.3 is 0 Å². The van der Waals surface area contributed by atoms with Crippen molar-refractivity contribution in [3.63, 3.8) is 0 Å². The lowest BCUT2D eigenvalue weighted by Gasteiger charge is -2.34. The molecule has 7 nitrogen and oxygen atoms in total. The van der Waals surface area contributed by atoms with Gasteiger partial charge in [0.25, 0.3) is 0 Å². The second-order valence-corrected chi connectivity index (χ2v) is 9.80. The highest BCUT2D eigenvalue weighted by atomic mass is 35.5. The molecule has 0 bridgehead atoms. The van der Waals surface area contributed by atoms with Crippen molar-refractivity contribution in [2.75, 3.05) is 33.0 Å². The lowest BCUT2D eigenvalue weighted by atomic mass is 10.1. The standard InChI is InChI=1S/C20H20Cl2N2O5S/c21-16-4-3-15(12-17(16)22)30(26,27)24-9-7-23(8-10-24)20(25)6-2-14-1-5-18-19(11-14)29-13-28-18/h1,3-5,11-12H,2,6-10,13H2. The largest absolute Gasteiger partial charge is 0.454 e. The Hall–Kier alpha value is -2.00. The monoisotopic (exact) mass is 470 g/mol. The Kier molecular flexibility index (Phi) is 6.11. The third-order valence-electron chi connectivity index (χ3n) is 5.18. The van der Waals surface area contributed by atoms with E-state index in [9.17, 15) is 13.2 Å². The van der Waals surface area contributed by atoms with Crippen molar-refractivity contribution in [2.24, 2.45) is 0 Å². The van der Waals surface area contributed by atoms with Crippen molar-refractivity contribution < 1.29 is 22.7 Å². The first kappa shape index (κ1) is 21.2. The number of hydrogen-bond donors (Lipinski definition) is 0. The zero-order valence-electron chi connectivity index (χ0n) is 16.0. The molecule has 10 heteroatoms. The van der Waals surface area contributed by atoms with Gasteiger partial charge in [0.1, 0.15) is 0 Å². The van der Waals surface area contributed by atoms with E-state index in [-0.39, 0.29) is 35.7 Å². The van der Waals surface area contributed by atoms with Crippen molar-refractivity contribution >= 4 is 39.1 Å². The minimum atomic E-state index is -3.69. The Morgan fingerprint density at radius 1 is 0.933 bits per heavy atom. The highest BCUT2D eigenvalue weighted by Gasteiger charge is 2.30. The van der Waals surface area contributed by atoms with Gasteiger partial charge in [-0.15, -0.1) is 0 Å². The quantitative estimate of drug-likeness (QED) is 0.670. The molecular formula is C20H20Cl2N2O5S. The number of nitrogens with zero attached hydrogens (tertiary/aromatic N) is 2. The summed E-state index contributed by atoms with van der Waals surface area (Å²) in [6, 6.07) is 9.90. The maximum absolute atomic E-state index is 12.8. The van der Waals surface area contributed by atoms with Gasteiger partial charge in [0, 0.05) is 32.6 Å². The summed E-state index contributed by atoms with van der Waals surface area (Å²) < 4.78 is 37.7. The molecule has 0 saturated carbocycles. The van der Waals surface area contributed by atoms with Gasteiger partial charge in [-0.05, 0) is 42.3 Å². The average Bonchev–Trinajstić information content (AvgIpc) is 3.22. The predicted octanol–water partition coefficient (Wildman–Crippen LogP) is 3.19. The zero-order chi connectivity index (χ0) is 21.3. The van der Waals surface area contributed by atoms with Crippen LogP contribution in [0, 0.1) is 0 Å². The van der Waals surface area contributed by atoms with Gasteiger partial charge in [-0.25, -0.2) is 8.42 Å². The van der Waals surface area contributed by atoms with E-state index in [0.29, 0.717) is 42.5 Å². The number of carbonyl (C=O) groups excluding carboxylic acids is 1. The van der Waals surface area contributed by atoms with Crippen LogP contribution in [0.3, 0.4) is 0 Å². The third-order valence-corrected chi connectivity index (χ3v) is 7.82. The normalized spacial score (nSPS) is 16.7. The summed E-state index contributed by atoms with van der Waals surface area (Å²) in [5.74, 6) is 1.41. The molecule has 2 aromatic rings. The van der Waals surface area contributed by atoms with Crippen LogP contribution in [0.2, 0.25) is 10.0 Å². The highest BCUT2D eigenvalue weighted by Crippen LogP contribution is 2.33. The molecular weight excluding hydrogens is 451 g/mol. The summed E-state index contributed by atoms with van der Waals surface area (Å²) in [5, 5.41) is 0.489. The molecule has 2 aliphatic heterocycles. The van der Waals surface area contributed by atoms with E-state index < -0.39 is 10.0 Å². The molecule has 2 aliphatic rings. The number of fused-ring (bicyclic) bond motifs is 1. The number of hydrogen-bond acceptors (Lipinski definition) is 5. The van der Waals surface area contributed by atoms with Crippen LogP contribution in [-0.2, 0) is 21.2 Å². The van der Waals surface area contributed by atoms with Gasteiger partial charge in [-0.3, -0.25) is 4.79 Å². The molecule has 1 fully saturated rings. The molecule has 0 atom stereocenters. The fourth-order valence-electron chi connectivity index (χ4n) is 3.47. The van der Waals surface area contributed by atoms with Gasteiger partial charge < -0.3 is 14.4 Å². The average molecular weight is 471 g/mol. The molecule has 1 amide bonds. The van der Waals surface area contributed by atoms with E-state index in [4.69, 9.17) is 32.7 Å². The molecule has 0 N–H and O–H groups in total. The highest BCUT2D eigenvalue weighted by molar-refractivity contribution is 7.89. The lowest BCUT2D eigenvalue weighted by Crippen LogP contribution is -2.50. The molecule has 1 saturated heterocycles.